The van der Waals surface area contributed by atoms with Crippen molar-refractivity contribution in [3.05, 3.63) is 70.3 Å². The van der Waals surface area contributed by atoms with Gasteiger partial charge in [-0.1, -0.05) is 17.3 Å². The van der Waals surface area contributed by atoms with E-state index in [-0.39, 0.29) is 29.3 Å². The van der Waals surface area contributed by atoms with Crippen molar-refractivity contribution in [3.63, 3.8) is 0 Å². The number of alkyl halides is 12. The summed E-state index contributed by atoms with van der Waals surface area (Å²) in [5.74, 6) is -2.13. The zero-order valence-electron chi connectivity index (χ0n) is 20.7. The topological polar surface area (TPSA) is 79.8 Å². The Morgan fingerprint density at radius 2 is 1.40 bits per heavy atom. The molecular formula is C24H17F12N3O3. The quantitative estimate of drug-likeness (QED) is 0.382. The number of hydrogen-bond acceptors (Lipinski definition) is 4. The molecule has 1 heterocycles. The van der Waals surface area contributed by atoms with Crippen LogP contribution in [0.1, 0.15) is 46.0 Å². The molecule has 0 saturated heterocycles. The van der Waals surface area contributed by atoms with Crippen molar-refractivity contribution in [2.45, 2.75) is 49.7 Å². The molecule has 1 aliphatic heterocycles. The second kappa shape index (κ2) is 11.0. The van der Waals surface area contributed by atoms with E-state index in [0.29, 0.717) is 0 Å². The van der Waals surface area contributed by atoms with Crippen molar-refractivity contribution in [2.24, 2.45) is 5.16 Å². The highest BCUT2D eigenvalue weighted by molar-refractivity contribution is 6.03. The van der Waals surface area contributed by atoms with Gasteiger partial charge in [-0.15, -0.1) is 0 Å². The molecule has 42 heavy (non-hydrogen) atoms. The van der Waals surface area contributed by atoms with Gasteiger partial charge < -0.3 is 15.5 Å². The van der Waals surface area contributed by atoms with Gasteiger partial charge in [-0.2, -0.15) is 52.7 Å². The number of nitrogens with zero attached hydrogens (tertiary/aromatic N) is 1. The molecule has 0 aromatic heterocycles. The van der Waals surface area contributed by atoms with Crippen molar-refractivity contribution in [1.29, 1.82) is 0 Å². The van der Waals surface area contributed by atoms with Crippen LogP contribution in [-0.2, 0) is 27.6 Å². The first-order valence-corrected chi connectivity index (χ1v) is 11.4. The van der Waals surface area contributed by atoms with Gasteiger partial charge in [-0.25, -0.2) is 0 Å². The second-order valence-corrected chi connectivity index (χ2v) is 9.03. The molecule has 3 rings (SSSR count). The van der Waals surface area contributed by atoms with Crippen LogP contribution < -0.4 is 10.6 Å². The minimum atomic E-state index is -5.55. The summed E-state index contributed by atoms with van der Waals surface area (Å²) < 4.78 is 159. The molecule has 2 aromatic rings. The minimum absolute atomic E-state index is 0.110. The van der Waals surface area contributed by atoms with Crippen LogP contribution >= 0.6 is 0 Å². The lowest BCUT2D eigenvalue weighted by atomic mass is 9.84. The summed E-state index contributed by atoms with van der Waals surface area (Å²) in [6.45, 7) is -0.570. The summed E-state index contributed by atoms with van der Waals surface area (Å²) in [4.78, 5) is 28.6. The Morgan fingerprint density at radius 1 is 0.881 bits per heavy atom. The Hall–Kier alpha value is -3.99. The molecule has 230 valence electrons. The second-order valence-electron chi connectivity index (χ2n) is 9.03. The monoisotopic (exact) mass is 623 g/mol. The Balaban J connectivity index is 1.85. The van der Waals surface area contributed by atoms with Gasteiger partial charge in [-0.3, -0.25) is 9.59 Å². The molecule has 1 aliphatic rings. The Morgan fingerprint density at radius 3 is 1.86 bits per heavy atom. The van der Waals surface area contributed by atoms with Crippen LogP contribution in [0.3, 0.4) is 0 Å². The maximum Gasteiger partial charge on any atom is 0.435 e. The van der Waals surface area contributed by atoms with Crippen molar-refractivity contribution >= 4 is 17.5 Å². The minimum Gasteiger partial charge on any atom is -0.374 e. The van der Waals surface area contributed by atoms with Gasteiger partial charge in [-0.05, 0) is 42.8 Å². The van der Waals surface area contributed by atoms with Gasteiger partial charge in [0.25, 0.3) is 11.5 Å². The number of benzene rings is 2. The van der Waals surface area contributed by atoms with E-state index in [1.54, 1.807) is 5.32 Å². The highest BCUT2D eigenvalue weighted by Gasteiger charge is 2.63. The summed E-state index contributed by atoms with van der Waals surface area (Å²) in [7, 11) is 0. The number of halogens is 12. The van der Waals surface area contributed by atoms with E-state index in [9.17, 15) is 62.3 Å². The molecule has 0 spiro atoms. The number of rotatable bonds is 6. The third-order valence-corrected chi connectivity index (χ3v) is 5.92. The number of amides is 2. The van der Waals surface area contributed by atoms with Crippen LogP contribution in [0.2, 0.25) is 0 Å². The molecule has 0 aliphatic carbocycles. The molecule has 2 amide bonds. The van der Waals surface area contributed by atoms with E-state index >= 15 is 0 Å². The van der Waals surface area contributed by atoms with E-state index in [1.165, 1.54) is 0 Å². The lowest BCUT2D eigenvalue weighted by Gasteiger charge is -2.30. The number of nitrogens with one attached hydrogen (secondary N) is 2. The maximum atomic E-state index is 14.2. The summed E-state index contributed by atoms with van der Waals surface area (Å²) in [5.41, 5.74) is -10.1. The molecule has 2 unspecified atom stereocenters. The lowest BCUT2D eigenvalue weighted by molar-refractivity contribution is -0.276. The zero-order chi connectivity index (χ0) is 31.9. The van der Waals surface area contributed by atoms with Crippen LogP contribution in [0.4, 0.5) is 52.7 Å². The molecule has 6 nitrogen and oxygen atoms in total. The maximum absolute atomic E-state index is 14.2. The van der Waals surface area contributed by atoms with Crippen LogP contribution in [0.15, 0.2) is 47.6 Å². The molecule has 0 bridgehead atoms. The van der Waals surface area contributed by atoms with Crippen molar-refractivity contribution in [3.8, 4) is 0 Å². The van der Waals surface area contributed by atoms with Gasteiger partial charge in [0.1, 0.15) is 12.6 Å². The number of oxime groups is 1. The molecule has 2 aromatic carbocycles. The summed E-state index contributed by atoms with van der Waals surface area (Å²) in [6.07, 6.45) is -22.5. The third-order valence-electron chi connectivity index (χ3n) is 5.92. The fourth-order valence-electron chi connectivity index (χ4n) is 3.75. The smallest absolute Gasteiger partial charge is 0.374 e. The SMILES string of the molecule is CC(NC(=O)c1ccc(C2=NOC(c3cc(C(F)(F)F)cc(C(F)(F)F)c3)(C(F)(F)F)C2)cc1)C(=O)NCC(F)(F)F. The normalized spacial score (nSPS) is 18.6. The van der Waals surface area contributed by atoms with E-state index in [4.69, 9.17) is 0 Å². The fraction of sp³-hybridized carbons (Fsp3) is 0.375. The predicted octanol–water partition coefficient (Wildman–Crippen LogP) is 6.10. The van der Waals surface area contributed by atoms with Gasteiger partial charge in [0.2, 0.25) is 5.91 Å². The van der Waals surface area contributed by atoms with Crippen LogP contribution in [0.5, 0.6) is 0 Å². The van der Waals surface area contributed by atoms with Gasteiger partial charge in [0.15, 0.2) is 0 Å². The lowest BCUT2D eigenvalue weighted by Crippen LogP contribution is -2.47. The molecule has 0 saturated carbocycles. The molecule has 2 atom stereocenters. The molecule has 0 fully saturated rings. The van der Waals surface area contributed by atoms with E-state index in [1.807, 2.05) is 0 Å². The van der Waals surface area contributed by atoms with Crippen LogP contribution in [0, 0.1) is 0 Å². The van der Waals surface area contributed by atoms with E-state index in [2.05, 4.69) is 15.3 Å². The van der Waals surface area contributed by atoms with Gasteiger partial charge >= 0.3 is 24.7 Å². The van der Waals surface area contributed by atoms with Crippen LogP contribution in [-0.4, -0.2) is 42.5 Å². The predicted molar refractivity (Wildman–Crippen MR) is 119 cm³/mol. The average Bonchev–Trinajstić information content (AvgIpc) is 3.33. The zero-order valence-corrected chi connectivity index (χ0v) is 20.7. The van der Waals surface area contributed by atoms with Crippen molar-refractivity contribution < 1.29 is 67.1 Å². The van der Waals surface area contributed by atoms with Gasteiger partial charge in [0, 0.05) is 17.5 Å². The van der Waals surface area contributed by atoms with E-state index < -0.39 is 83.5 Å². The highest BCUT2D eigenvalue weighted by atomic mass is 19.4. The molecule has 18 heteroatoms. The summed E-state index contributed by atoms with van der Waals surface area (Å²) >= 11 is 0. The largest absolute Gasteiger partial charge is 0.435 e. The van der Waals surface area contributed by atoms with E-state index in [0.717, 1.165) is 31.2 Å². The fourth-order valence-corrected chi connectivity index (χ4v) is 3.75. The molecular weight excluding hydrogens is 606 g/mol. The standard InChI is InChI=1S/C24H17F12N3O3/c1-11(18(40)37-10-21(25,26)27)38-19(41)13-4-2-12(3-5-13)17-9-20(42-39-17,24(34,35)36)14-6-15(22(28,29)30)8-16(7-14)23(31,32)33/h2-8,11H,9-10H2,1H3,(H,37,40)(H,38,41). The third kappa shape index (κ3) is 7.25. The number of carbonyl (C=O) groups is 2. The first-order chi connectivity index (χ1) is 19.0. The summed E-state index contributed by atoms with van der Waals surface area (Å²) in [6, 6.07) is 2.13. The Bertz CT molecular complexity index is 1330. The van der Waals surface area contributed by atoms with Crippen molar-refractivity contribution in [1.82, 2.24) is 10.6 Å². The first kappa shape index (κ1) is 32.5. The number of carbonyl (C=O) groups excluding carboxylic acids is 2. The Kier molecular flexibility index (Phi) is 8.53. The number of hydrogen-bond donors (Lipinski definition) is 2. The molecule has 0 radical (unpaired) electrons. The average molecular weight is 623 g/mol. The first-order valence-electron chi connectivity index (χ1n) is 11.4. The highest BCUT2D eigenvalue weighted by Crippen LogP contribution is 2.50. The molecule has 2 N–H and O–H groups in total. The van der Waals surface area contributed by atoms with Crippen LogP contribution in [0.25, 0.3) is 0 Å². The Labute approximate surface area is 227 Å². The van der Waals surface area contributed by atoms with Gasteiger partial charge in [0.05, 0.1) is 16.8 Å². The van der Waals surface area contributed by atoms with Crippen molar-refractivity contribution in [2.75, 3.05) is 6.54 Å². The summed E-state index contributed by atoms with van der Waals surface area (Å²) in [5, 5.41) is 6.92.